The molecule has 0 aromatic heterocycles. The summed E-state index contributed by atoms with van der Waals surface area (Å²) in [6.07, 6.45) is 4.13. The molecule has 0 aromatic rings. The number of nitrogens with zero attached hydrogens (tertiary/aromatic N) is 1. The molecule has 2 fully saturated rings. The van der Waals surface area contributed by atoms with E-state index in [2.05, 4.69) is 31.0 Å². The van der Waals surface area contributed by atoms with Crippen LogP contribution in [0.5, 0.6) is 0 Å². The van der Waals surface area contributed by atoms with Crippen molar-refractivity contribution in [1.29, 1.82) is 0 Å². The molecule has 0 amide bonds. The highest BCUT2D eigenvalue weighted by molar-refractivity contribution is 4.93. The summed E-state index contributed by atoms with van der Waals surface area (Å²) in [5.41, 5.74) is 0. The lowest BCUT2D eigenvalue weighted by molar-refractivity contribution is 0.187. The van der Waals surface area contributed by atoms with Crippen molar-refractivity contribution >= 4 is 0 Å². The molecule has 2 nitrogen and oxygen atoms in total. The average molecular weight is 210 g/mol. The SMILES string of the molecule is CCC(C)C(C)N1C[C@@H]2CCCN[C@@H]2C1. The molecule has 0 saturated carbocycles. The van der Waals surface area contributed by atoms with Gasteiger partial charge in [-0.05, 0) is 38.1 Å². The Balaban J connectivity index is 1.90. The minimum atomic E-state index is 0.766. The van der Waals surface area contributed by atoms with Crippen LogP contribution in [0.15, 0.2) is 0 Å². The Bertz CT molecular complexity index is 191. The number of piperidine rings is 1. The highest BCUT2D eigenvalue weighted by atomic mass is 15.2. The van der Waals surface area contributed by atoms with E-state index in [-0.39, 0.29) is 0 Å². The number of nitrogens with one attached hydrogen (secondary N) is 1. The molecule has 1 N–H and O–H groups in total. The Hall–Kier alpha value is -0.0800. The number of rotatable bonds is 3. The predicted octanol–water partition coefficient (Wildman–Crippen LogP) is 2.10. The first-order valence-corrected chi connectivity index (χ1v) is 6.69. The van der Waals surface area contributed by atoms with Crippen LogP contribution in [0.3, 0.4) is 0 Å². The van der Waals surface area contributed by atoms with Gasteiger partial charge in [0.25, 0.3) is 0 Å². The zero-order valence-electron chi connectivity index (χ0n) is 10.5. The largest absolute Gasteiger partial charge is 0.312 e. The molecule has 15 heavy (non-hydrogen) atoms. The van der Waals surface area contributed by atoms with Crippen LogP contribution in [-0.2, 0) is 0 Å². The van der Waals surface area contributed by atoms with Crippen LogP contribution in [0, 0.1) is 11.8 Å². The lowest BCUT2D eigenvalue weighted by Gasteiger charge is -2.29. The number of fused-ring (bicyclic) bond motifs is 1. The van der Waals surface area contributed by atoms with Gasteiger partial charge in [0.1, 0.15) is 0 Å². The summed E-state index contributed by atoms with van der Waals surface area (Å²) in [7, 11) is 0. The summed E-state index contributed by atoms with van der Waals surface area (Å²) < 4.78 is 0. The van der Waals surface area contributed by atoms with Gasteiger partial charge in [0, 0.05) is 25.2 Å². The van der Waals surface area contributed by atoms with E-state index in [0.29, 0.717) is 0 Å². The van der Waals surface area contributed by atoms with E-state index in [0.717, 1.165) is 23.9 Å². The minimum Gasteiger partial charge on any atom is -0.312 e. The van der Waals surface area contributed by atoms with Crippen LogP contribution >= 0.6 is 0 Å². The van der Waals surface area contributed by atoms with Crippen molar-refractivity contribution in [1.82, 2.24) is 10.2 Å². The highest BCUT2D eigenvalue weighted by Crippen LogP contribution is 2.28. The molecule has 2 aliphatic rings. The van der Waals surface area contributed by atoms with Crippen molar-refractivity contribution in [3.63, 3.8) is 0 Å². The highest BCUT2D eigenvalue weighted by Gasteiger charge is 2.36. The third-order valence-corrected chi connectivity index (χ3v) is 4.67. The number of hydrogen-bond acceptors (Lipinski definition) is 2. The Morgan fingerprint density at radius 1 is 1.33 bits per heavy atom. The van der Waals surface area contributed by atoms with Gasteiger partial charge >= 0.3 is 0 Å². The molecule has 0 bridgehead atoms. The molecular formula is C13H26N2. The molecule has 0 aliphatic carbocycles. The Morgan fingerprint density at radius 3 is 2.80 bits per heavy atom. The van der Waals surface area contributed by atoms with Gasteiger partial charge in [-0.1, -0.05) is 20.3 Å². The quantitative estimate of drug-likeness (QED) is 0.767. The fraction of sp³-hybridized carbons (Fsp3) is 1.00. The molecular weight excluding hydrogens is 184 g/mol. The van der Waals surface area contributed by atoms with Gasteiger partial charge in [-0.15, -0.1) is 0 Å². The van der Waals surface area contributed by atoms with E-state index in [4.69, 9.17) is 0 Å². The number of hydrogen-bond donors (Lipinski definition) is 1. The minimum absolute atomic E-state index is 0.766. The molecule has 2 saturated heterocycles. The van der Waals surface area contributed by atoms with Crippen LogP contribution in [-0.4, -0.2) is 36.6 Å². The predicted molar refractivity (Wildman–Crippen MR) is 65.0 cm³/mol. The average Bonchev–Trinajstić information content (AvgIpc) is 2.70. The maximum absolute atomic E-state index is 3.68. The lowest BCUT2D eigenvalue weighted by atomic mass is 9.94. The van der Waals surface area contributed by atoms with Gasteiger partial charge in [0.2, 0.25) is 0 Å². The van der Waals surface area contributed by atoms with Gasteiger partial charge in [-0.25, -0.2) is 0 Å². The van der Waals surface area contributed by atoms with Crippen LogP contribution in [0.25, 0.3) is 0 Å². The summed E-state index contributed by atoms with van der Waals surface area (Å²) >= 11 is 0. The molecule has 2 unspecified atom stereocenters. The Labute approximate surface area is 94.4 Å². The van der Waals surface area contributed by atoms with Crippen LogP contribution in [0.2, 0.25) is 0 Å². The standard InChI is InChI=1S/C13H26N2/c1-4-10(2)11(3)15-8-12-6-5-7-14-13(12)9-15/h10-14H,4-9H2,1-3H3/t10?,11?,12-,13+/m0/s1. The van der Waals surface area contributed by atoms with Crippen LogP contribution in [0.1, 0.15) is 40.0 Å². The molecule has 2 heteroatoms. The summed E-state index contributed by atoms with van der Waals surface area (Å²) in [5, 5.41) is 3.68. The Kier molecular flexibility index (Phi) is 3.68. The maximum Gasteiger partial charge on any atom is 0.0235 e. The van der Waals surface area contributed by atoms with Crippen molar-refractivity contribution in [2.24, 2.45) is 11.8 Å². The van der Waals surface area contributed by atoms with E-state index in [1.807, 2.05) is 0 Å². The first-order chi connectivity index (χ1) is 7.22. The Morgan fingerprint density at radius 2 is 2.13 bits per heavy atom. The van der Waals surface area contributed by atoms with Crippen molar-refractivity contribution in [2.75, 3.05) is 19.6 Å². The van der Waals surface area contributed by atoms with E-state index in [9.17, 15) is 0 Å². The summed E-state index contributed by atoms with van der Waals surface area (Å²) in [6, 6.07) is 1.56. The normalized spacial score (nSPS) is 36.2. The third kappa shape index (κ3) is 2.36. The molecule has 88 valence electrons. The molecule has 2 rings (SSSR count). The van der Waals surface area contributed by atoms with Crippen molar-refractivity contribution in [3.8, 4) is 0 Å². The topological polar surface area (TPSA) is 15.3 Å². The van der Waals surface area contributed by atoms with Crippen molar-refractivity contribution < 1.29 is 0 Å². The smallest absolute Gasteiger partial charge is 0.0235 e. The molecule has 0 radical (unpaired) electrons. The molecule has 0 spiro atoms. The zero-order valence-corrected chi connectivity index (χ0v) is 10.5. The summed E-state index contributed by atoms with van der Waals surface area (Å²) in [5.74, 6) is 1.77. The maximum atomic E-state index is 3.68. The zero-order chi connectivity index (χ0) is 10.8. The monoisotopic (exact) mass is 210 g/mol. The van der Waals surface area contributed by atoms with Crippen molar-refractivity contribution in [2.45, 2.75) is 52.1 Å². The molecule has 2 aliphatic heterocycles. The fourth-order valence-electron chi connectivity index (χ4n) is 3.11. The van der Waals surface area contributed by atoms with E-state index >= 15 is 0 Å². The van der Waals surface area contributed by atoms with E-state index < -0.39 is 0 Å². The van der Waals surface area contributed by atoms with Gasteiger partial charge < -0.3 is 5.32 Å². The van der Waals surface area contributed by atoms with Gasteiger partial charge in [0.15, 0.2) is 0 Å². The van der Waals surface area contributed by atoms with E-state index in [1.54, 1.807) is 0 Å². The third-order valence-electron chi connectivity index (χ3n) is 4.67. The van der Waals surface area contributed by atoms with Gasteiger partial charge in [-0.2, -0.15) is 0 Å². The summed E-state index contributed by atoms with van der Waals surface area (Å²) in [4.78, 5) is 2.71. The number of likely N-dealkylation sites (tertiary alicyclic amines) is 1. The second-order valence-corrected chi connectivity index (χ2v) is 5.54. The van der Waals surface area contributed by atoms with Crippen LogP contribution < -0.4 is 5.32 Å². The first kappa shape index (κ1) is 11.4. The first-order valence-electron chi connectivity index (χ1n) is 6.69. The van der Waals surface area contributed by atoms with Gasteiger partial charge in [0.05, 0.1) is 0 Å². The summed E-state index contributed by atoms with van der Waals surface area (Å²) in [6.45, 7) is 11.0. The van der Waals surface area contributed by atoms with Crippen LogP contribution in [0.4, 0.5) is 0 Å². The van der Waals surface area contributed by atoms with E-state index in [1.165, 1.54) is 38.9 Å². The fourth-order valence-corrected chi connectivity index (χ4v) is 3.11. The second kappa shape index (κ2) is 4.84. The second-order valence-electron chi connectivity index (χ2n) is 5.54. The van der Waals surface area contributed by atoms with Crippen molar-refractivity contribution in [3.05, 3.63) is 0 Å². The molecule has 4 atom stereocenters. The van der Waals surface area contributed by atoms with Gasteiger partial charge in [-0.3, -0.25) is 4.90 Å². The lowest BCUT2D eigenvalue weighted by Crippen LogP contribution is -2.41. The molecule has 2 heterocycles. The molecule has 0 aromatic carbocycles.